The van der Waals surface area contributed by atoms with Crippen molar-refractivity contribution in [2.75, 3.05) is 13.2 Å². The van der Waals surface area contributed by atoms with E-state index in [-0.39, 0.29) is 18.5 Å². The van der Waals surface area contributed by atoms with Crippen molar-refractivity contribution in [2.45, 2.75) is 366 Å². The number of ether oxygens (including phenoxy) is 1. The van der Waals surface area contributed by atoms with Gasteiger partial charge >= 0.3 is 5.97 Å². The molecule has 0 saturated heterocycles. The van der Waals surface area contributed by atoms with Crippen LogP contribution in [0.15, 0.2) is 12.2 Å². The number of carbonyl (C=O) groups excluding carboxylic acids is 2. The van der Waals surface area contributed by atoms with Gasteiger partial charge in [-0.2, -0.15) is 0 Å². The third-order valence-corrected chi connectivity index (χ3v) is 14.8. The van der Waals surface area contributed by atoms with Crippen LogP contribution in [0.25, 0.3) is 0 Å². The first-order valence-corrected chi connectivity index (χ1v) is 31.4. The van der Waals surface area contributed by atoms with E-state index in [0.717, 1.165) is 44.9 Å². The molecule has 3 N–H and O–H groups in total. The van der Waals surface area contributed by atoms with E-state index in [9.17, 15) is 19.8 Å². The summed E-state index contributed by atoms with van der Waals surface area (Å²) in [7, 11) is 0. The fourth-order valence-corrected chi connectivity index (χ4v) is 9.99. The molecule has 6 heteroatoms. The van der Waals surface area contributed by atoms with Crippen molar-refractivity contribution in [3.63, 3.8) is 0 Å². The Kier molecular flexibility index (Phi) is 58.0. The Morgan fingerprint density at radius 1 is 0.391 bits per heavy atom. The summed E-state index contributed by atoms with van der Waals surface area (Å²) in [4.78, 5) is 24.6. The van der Waals surface area contributed by atoms with Crippen molar-refractivity contribution in [3.05, 3.63) is 12.2 Å². The maximum Gasteiger partial charge on any atom is 0.305 e. The molecule has 0 aliphatic carbocycles. The van der Waals surface area contributed by atoms with Gasteiger partial charge < -0.3 is 20.3 Å². The van der Waals surface area contributed by atoms with Gasteiger partial charge in [-0.3, -0.25) is 9.59 Å². The second-order valence-corrected chi connectivity index (χ2v) is 21.7. The van der Waals surface area contributed by atoms with E-state index in [1.54, 1.807) is 0 Å². The number of rotatable bonds is 59. The largest absolute Gasteiger partial charge is 0.466 e. The summed E-state index contributed by atoms with van der Waals surface area (Å²) >= 11 is 0. The smallest absolute Gasteiger partial charge is 0.305 e. The molecule has 0 heterocycles. The zero-order chi connectivity index (χ0) is 50.0. The standard InChI is InChI=1S/C63H123NO5/c1-3-5-7-9-11-13-15-17-19-21-25-29-33-37-41-45-49-53-57-63(68)69-58-54-50-46-42-38-34-30-26-22-24-28-32-36-40-44-48-52-56-62(67)64-60(59-65)61(66)55-51-47-43-39-35-31-27-23-20-18-16-14-12-10-8-6-4-2/h19,21,60-61,65-66H,3-18,20,22-59H2,1-2H3,(H,64,67)/b21-19-. The van der Waals surface area contributed by atoms with E-state index in [2.05, 4.69) is 31.3 Å². The number of hydrogen-bond acceptors (Lipinski definition) is 5. The SMILES string of the molecule is CCCCCCCCC/C=C\CCCCCCCCCC(=O)OCCCCCCCCCCCCCCCCCCCC(=O)NC(CO)C(O)CCCCCCCCCCCCCCCCCCC. The Hall–Kier alpha value is -1.40. The maximum absolute atomic E-state index is 12.5. The molecule has 0 aromatic carbocycles. The monoisotopic (exact) mass is 974 g/mol. The lowest BCUT2D eigenvalue weighted by molar-refractivity contribution is -0.143. The maximum atomic E-state index is 12.5. The van der Waals surface area contributed by atoms with Crippen molar-refractivity contribution in [3.8, 4) is 0 Å². The van der Waals surface area contributed by atoms with Gasteiger partial charge in [-0.1, -0.05) is 302 Å². The number of allylic oxidation sites excluding steroid dienone is 2. The van der Waals surface area contributed by atoms with Crippen LogP contribution in [0.2, 0.25) is 0 Å². The number of aliphatic hydroxyl groups excluding tert-OH is 2. The van der Waals surface area contributed by atoms with Gasteiger partial charge in [-0.25, -0.2) is 0 Å². The highest BCUT2D eigenvalue weighted by Gasteiger charge is 2.20. The van der Waals surface area contributed by atoms with Crippen molar-refractivity contribution in [1.82, 2.24) is 5.32 Å². The molecular weight excluding hydrogens is 851 g/mol. The number of nitrogens with one attached hydrogen (secondary N) is 1. The molecule has 0 aliphatic heterocycles. The molecule has 0 aromatic rings. The van der Waals surface area contributed by atoms with E-state index in [1.807, 2.05) is 0 Å². The van der Waals surface area contributed by atoms with Gasteiger partial charge in [0.2, 0.25) is 5.91 Å². The molecule has 0 spiro atoms. The van der Waals surface area contributed by atoms with E-state index in [1.165, 1.54) is 276 Å². The van der Waals surface area contributed by atoms with Crippen molar-refractivity contribution in [1.29, 1.82) is 0 Å². The van der Waals surface area contributed by atoms with Crippen LogP contribution in [0.4, 0.5) is 0 Å². The average molecular weight is 975 g/mol. The van der Waals surface area contributed by atoms with Gasteiger partial charge in [-0.05, 0) is 51.4 Å². The van der Waals surface area contributed by atoms with Crippen LogP contribution in [-0.4, -0.2) is 47.4 Å². The zero-order valence-corrected chi connectivity index (χ0v) is 46.8. The van der Waals surface area contributed by atoms with Gasteiger partial charge in [0.15, 0.2) is 0 Å². The van der Waals surface area contributed by atoms with E-state index in [0.29, 0.717) is 25.9 Å². The molecule has 0 rings (SSSR count). The quantitative estimate of drug-likeness (QED) is 0.0321. The summed E-state index contributed by atoms with van der Waals surface area (Å²) in [6.45, 7) is 4.97. The molecule has 0 fully saturated rings. The van der Waals surface area contributed by atoms with Gasteiger partial charge in [-0.15, -0.1) is 0 Å². The lowest BCUT2D eigenvalue weighted by Crippen LogP contribution is -2.45. The summed E-state index contributed by atoms with van der Waals surface area (Å²) in [5.41, 5.74) is 0. The summed E-state index contributed by atoms with van der Waals surface area (Å²) in [5.74, 6) is -0.0336. The Morgan fingerprint density at radius 2 is 0.681 bits per heavy atom. The molecule has 69 heavy (non-hydrogen) atoms. The molecule has 0 radical (unpaired) electrons. The molecule has 0 aromatic heterocycles. The normalized spacial score (nSPS) is 12.6. The van der Waals surface area contributed by atoms with Crippen molar-refractivity contribution >= 4 is 11.9 Å². The fraction of sp³-hybridized carbons (Fsp3) is 0.937. The lowest BCUT2D eigenvalue weighted by atomic mass is 10.0. The first-order valence-electron chi connectivity index (χ1n) is 31.4. The minimum atomic E-state index is -0.668. The molecule has 2 unspecified atom stereocenters. The highest BCUT2D eigenvalue weighted by atomic mass is 16.5. The second kappa shape index (κ2) is 59.2. The van der Waals surface area contributed by atoms with Crippen LogP contribution in [0, 0.1) is 0 Å². The number of carbonyl (C=O) groups is 2. The second-order valence-electron chi connectivity index (χ2n) is 21.7. The number of amides is 1. The molecule has 0 saturated carbocycles. The topological polar surface area (TPSA) is 95.9 Å². The van der Waals surface area contributed by atoms with Crippen molar-refractivity contribution in [2.24, 2.45) is 0 Å². The molecule has 1 amide bonds. The Morgan fingerprint density at radius 3 is 1.03 bits per heavy atom. The van der Waals surface area contributed by atoms with Crippen LogP contribution in [0.3, 0.4) is 0 Å². The molecule has 2 atom stereocenters. The van der Waals surface area contributed by atoms with Crippen LogP contribution in [0.5, 0.6) is 0 Å². The van der Waals surface area contributed by atoms with Crippen LogP contribution < -0.4 is 5.32 Å². The molecule has 6 nitrogen and oxygen atoms in total. The highest BCUT2D eigenvalue weighted by Crippen LogP contribution is 2.18. The first kappa shape index (κ1) is 67.6. The highest BCUT2D eigenvalue weighted by molar-refractivity contribution is 5.76. The molecule has 410 valence electrons. The number of hydrogen-bond donors (Lipinski definition) is 3. The molecule has 0 aliphatic rings. The first-order chi connectivity index (χ1) is 34.0. The Balaban J connectivity index is 3.40. The minimum absolute atomic E-state index is 0.00350. The van der Waals surface area contributed by atoms with E-state index < -0.39 is 12.1 Å². The minimum Gasteiger partial charge on any atom is -0.466 e. The number of esters is 1. The third-order valence-electron chi connectivity index (χ3n) is 14.8. The molecule has 0 bridgehead atoms. The summed E-state index contributed by atoms with van der Waals surface area (Å²) in [6, 6.07) is -0.545. The lowest BCUT2D eigenvalue weighted by Gasteiger charge is -2.22. The Bertz CT molecular complexity index is 1030. The van der Waals surface area contributed by atoms with E-state index >= 15 is 0 Å². The fourth-order valence-electron chi connectivity index (χ4n) is 9.99. The van der Waals surface area contributed by atoms with Gasteiger partial charge in [0, 0.05) is 12.8 Å². The zero-order valence-electron chi connectivity index (χ0n) is 46.8. The van der Waals surface area contributed by atoms with Gasteiger partial charge in [0.25, 0.3) is 0 Å². The summed E-state index contributed by atoms with van der Waals surface area (Å²) in [5, 5.41) is 23.3. The van der Waals surface area contributed by atoms with Gasteiger partial charge in [0.05, 0.1) is 25.4 Å². The summed E-state index contributed by atoms with van der Waals surface area (Å²) < 4.78 is 5.49. The summed E-state index contributed by atoms with van der Waals surface area (Å²) in [6.07, 6.45) is 70.7. The van der Waals surface area contributed by atoms with Crippen molar-refractivity contribution < 1.29 is 24.5 Å². The van der Waals surface area contributed by atoms with Crippen LogP contribution in [-0.2, 0) is 14.3 Å². The van der Waals surface area contributed by atoms with Crippen LogP contribution in [0.1, 0.15) is 354 Å². The van der Waals surface area contributed by atoms with E-state index in [4.69, 9.17) is 4.74 Å². The predicted octanol–water partition coefficient (Wildman–Crippen LogP) is 19.6. The third kappa shape index (κ3) is 55.8. The van der Waals surface area contributed by atoms with Crippen LogP contribution >= 0.6 is 0 Å². The Labute approximate surface area is 431 Å². The number of aliphatic hydroxyl groups is 2. The van der Waals surface area contributed by atoms with Gasteiger partial charge in [0.1, 0.15) is 0 Å². The predicted molar refractivity (Wildman–Crippen MR) is 301 cm³/mol. The number of unbranched alkanes of at least 4 members (excludes halogenated alkanes) is 46. The average Bonchev–Trinajstić information content (AvgIpc) is 3.35. The molecular formula is C63H123NO5.